The van der Waals surface area contributed by atoms with Crippen LogP contribution in [0.25, 0.3) is 0 Å². The topological polar surface area (TPSA) is 67.6 Å². The van der Waals surface area contributed by atoms with E-state index in [1.807, 2.05) is 0 Å². The number of methoxy groups -OCH3 is 1. The van der Waals surface area contributed by atoms with Crippen LogP contribution < -0.4 is 11.1 Å². The van der Waals surface area contributed by atoms with Gasteiger partial charge in [0.25, 0.3) is 0 Å². The predicted octanol–water partition coefficient (Wildman–Crippen LogP) is -0.192. The number of carbonyl (C=O) groups excluding carboxylic acids is 1. The molecule has 1 aliphatic rings. The Morgan fingerprint density at radius 3 is 2.82 bits per heavy atom. The average molecular weight is 243 g/mol. The number of nitrogens with one attached hydrogen (secondary N) is 1. The summed E-state index contributed by atoms with van der Waals surface area (Å²) in [5.74, 6) is 0.813. The molecule has 1 unspecified atom stereocenters. The minimum atomic E-state index is 0.0547. The number of ether oxygens (including phenoxy) is 1. The third kappa shape index (κ3) is 5.48. The van der Waals surface area contributed by atoms with Crippen molar-refractivity contribution in [2.45, 2.75) is 25.8 Å². The van der Waals surface area contributed by atoms with Crippen molar-refractivity contribution < 1.29 is 9.53 Å². The lowest BCUT2D eigenvalue weighted by atomic mass is 10.2. The molecule has 0 aromatic rings. The first-order chi connectivity index (χ1) is 8.19. The zero-order valence-corrected chi connectivity index (χ0v) is 10.9. The highest BCUT2D eigenvalue weighted by atomic mass is 16.5. The van der Waals surface area contributed by atoms with Crippen LogP contribution in [0.5, 0.6) is 0 Å². The molecule has 0 bridgehead atoms. The molecule has 1 saturated carbocycles. The van der Waals surface area contributed by atoms with Crippen molar-refractivity contribution in [3.63, 3.8) is 0 Å². The highest BCUT2D eigenvalue weighted by Crippen LogP contribution is 2.34. The van der Waals surface area contributed by atoms with Crippen molar-refractivity contribution in [3.05, 3.63) is 0 Å². The maximum absolute atomic E-state index is 11.7. The van der Waals surface area contributed by atoms with Gasteiger partial charge in [0.15, 0.2) is 0 Å². The van der Waals surface area contributed by atoms with Crippen LogP contribution in [0, 0.1) is 5.92 Å². The van der Waals surface area contributed by atoms with E-state index in [-0.39, 0.29) is 5.91 Å². The number of nitrogens with zero attached hydrogens (tertiary/aromatic N) is 1. The van der Waals surface area contributed by atoms with Gasteiger partial charge in [-0.05, 0) is 25.7 Å². The zero-order chi connectivity index (χ0) is 12.7. The second kappa shape index (κ2) is 7.63. The number of hydrogen-bond acceptors (Lipinski definition) is 4. The SMILES string of the molecule is COCCN(CC(=O)NCCN)C(C)C1CC1. The Labute approximate surface area is 104 Å². The number of rotatable bonds is 9. The van der Waals surface area contributed by atoms with E-state index in [2.05, 4.69) is 17.1 Å². The van der Waals surface area contributed by atoms with Crippen molar-refractivity contribution in [1.82, 2.24) is 10.2 Å². The molecule has 0 radical (unpaired) electrons. The molecule has 1 fully saturated rings. The summed E-state index contributed by atoms with van der Waals surface area (Å²) in [6.45, 7) is 5.16. The van der Waals surface area contributed by atoms with Crippen molar-refractivity contribution in [2.24, 2.45) is 11.7 Å². The third-order valence-corrected chi connectivity index (χ3v) is 3.28. The van der Waals surface area contributed by atoms with E-state index in [1.54, 1.807) is 7.11 Å². The summed E-state index contributed by atoms with van der Waals surface area (Å²) in [5.41, 5.74) is 5.36. The Morgan fingerprint density at radius 2 is 2.29 bits per heavy atom. The molecule has 5 heteroatoms. The predicted molar refractivity (Wildman–Crippen MR) is 67.7 cm³/mol. The molecule has 0 saturated heterocycles. The molecule has 0 aromatic carbocycles. The lowest BCUT2D eigenvalue weighted by Crippen LogP contribution is -2.45. The Kier molecular flexibility index (Phi) is 6.47. The quantitative estimate of drug-likeness (QED) is 0.589. The summed E-state index contributed by atoms with van der Waals surface area (Å²) in [5, 5.41) is 2.81. The molecule has 0 aromatic heterocycles. The standard InChI is InChI=1S/C12H25N3O2/c1-10(11-3-4-11)15(7-8-17-2)9-12(16)14-6-5-13/h10-11H,3-9,13H2,1-2H3,(H,14,16). The van der Waals surface area contributed by atoms with E-state index in [9.17, 15) is 4.79 Å². The highest BCUT2D eigenvalue weighted by molar-refractivity contribution is 5.78. The molecule has 100 valence electrons. The number of nitrogens with two attached hydrogens (primary N) is 1. The number of carbonyl (C=O) groups is 1. The summed E-state index contributed by atoms with van der Waals surface area (Å²) >= 11 is 0. The summed E-state index contributed by atoms with van der Waals surface area (Å²) in [6, 6.07) is 0.466. The molecule has 0 heterocycles. The second-order valence-corrected chi connectivity index (χ2v) is 4.68. The Balaban J connectivity index is 2.35. The van der Waals surface area contributed by atoms with E-state index < -0.39 is 0 Å². The van der Waals surface area contributed by atoms with Gasteiger partial charge in [0.2, 0.25) is 5.91 Å². The number of hydrogen-bond donors (Lipinski definition) is 2. The summed E-state index contributed by atoms with van der Waals surface area (Å²) in [4.78, 5) is 13.9. The molecule has 1 amide bonds. The van der Waals surface area contributed by atoms with Crippen LogP contribution in [0.4, 0.5) is 0 Å². The van der Waals surface area contributed by atoms with Crippen LogP contribution in [-0.4, -0.2) is 56.7 Å². The maximum Gasteiger partial charge on any atom is 0.234 e. The fourth-order valence-electron chi connectivity index (χ4n) is 1.96. The van der Waals surface area contributed by atoms with Gasteiger partial charge in [-0.1, -0.05) is 0 Å². The molecule has 1 atom stereocenters. The van der Waals surface area contributed by atoms with E-state index in [0.717, 1.165) is 12.5 Å². The monoisotopic (exact) mass is 243 g/mol. The summed E-state index contributed by atoms with van der Waals surface area (Å²) in [7, 11) is 1.69. The molecular formula is C12H25N3O2. The van der Waals surface area contributed by atoms with Crippen molar-refractivity contribution in [2.75, 3.05) is 39.9 Å². The van der Waals surface area contributed by atoms with Gasteiger partial charge in [-0.2, -0.15) is 0 Å². The highest BCUT2D eigenvalue weighted by Gasteiger charge is 2.32. The van der Waals surface area contributed by atoms with Crippen LogP contribution in [0.1, 0.15) is 19.8 Å². The molecule has 0 aliphatic heterocycles. The van der Waals surface area contributed by atoms with Gasteiger partial charge in [0.1, 0.15) is 0 Å². The maximum atomic E-state index is 11.7. The first-order valence-electron chi connectivity index (χ1n) is 6.38. The van der Waals surface area contributed by atoms with Crippen molar-refractivity contribution in [1.29, 1.82) is 0 Å². The van der Waals surface area contributed by atoms with E-state index in [1.165, 1.54) is 12.8 Å². The molecule has 0 spiro atoms. The molecular weight excluding hydrogens is 218 g/mol. The van der Waals surface area contributed by atoms with Gasteiger partial charge >= 0.3 is 0 Å². The van der Waals surface area contributed by atoms with Gasteiger partial charge in [-0.3, -0.25) is 9.69 Å². The fourth-order valence-corrected chi connectivity index (χ4v) is 1.96. The van der Waals surface area contributed by atoms with Gasteiger partial charge in [0.05, 0.1) is 13.2 Å². The lowest BCUT2D eigenvalue weighted by molar-refractivity contribution is -0.122. The molecule has 1 rings (SSSR count). The minimum Gasteiger partial charge on any atom is -0.383 e. The van der Waals surface area contributed by atoms with Crippen molar-refractivity contribution >= 4 is 5.91 Å². The largest absolute Gasteiger partial charge is 0.383 e. The van der Waals surface area contributed by atoms with Gasteiger partial charge in [0, 0.05) is 32.8 Å². The van der Waals surface area contributed by atoms with Crippen LogP contribution in [0.2, 0.25) is 0 Å². The van der Waals surface area contributed by atoms with E-state index >= 15 is 0 Å². The zero-order valence-electron chi connectivity index (χ0n) is 10.9. The van der Waals surface area contributed by atoms with Gasteiger partial charge < -0.3 is 15.8 Å². The Hall–Kier alpha value is -0.650. The van der Waals surface area contributed by atoms with Gasteiger partial charge in [-0.15, -0.1) is 0 Å². The van der Waals surface area contributed by atoms with Crippen LogP contribution in [0.3, 0.4) is 0 Å². The molecule has 3 N–H and O–H groups in total. The lowest BCUT2D eigenvalue weighted by Gasteiger charge is -2.28. The molecule has 17 heavy (non-hydrogen) atoms. The van der Waals surface area contributed by atoms with Crippen LogP contribution in [-0.2, 0) is 9.53 Å². The second-order valence-electron chi connectivity index (χ2n) is 4.68. The fraction of sp³-hybridized carbons (Fsp3) is 0.917. The van der Waals surface area contributed by atoms with E-state index in [0.29, 0.717) is 32.3 Å². The molecule has 1 aliphatic carbocycles. The minimum absolute atomic E-state index is 0.0547. The van der Waals surface area contributed by atoms with E-state index in [4.69, 9.17) is 10.5 Å². The Bertz CT molecular complexity index is 232. The summed E-state index contributed by atoms with van der Waals surface area (Å²) < 4.78 is 5.09. The normalized spacial score (nSPS) is 17.2. The Morgan fingerprint density at radius 1 is 1.59 bits per heavy atom. The van der Waals surface area contributed by atoms with Crippen molar-refractivity contribution in [3.8, 4) is 0 Å². The van der Waals surface area contributed by atoms with Gasteiger partial charge in [-0.25, -0.2) is 0 Å². The average Bonchev–Trinajstić information content (AvgIpc) is 3.15. The first-order valence-corrected chi connectivity index (χ1v) is 6.38. The van der Waals surface area contributed by atoms with Crippen LogP contribution >= 0.6 is 0 Å². The smallest absolute Gasteiger partial charge is 0.234 e. The molecule has 5 nitrogen and oxygen atoms in total. The number of amides is 1. The third-order valence-electron chi connectivity index (χ3n) is 3.28. The first kappa shape index (κ1) is 14.4. The van der Waals surface area contributed by atoms with Crippen LogP contribution in [0.15, 0.2) is 0 Å². The summed E-state index contributed by atoms with van der Waals surface area (Å²) in [6.07, 6.45) is 2.57.